The third-order valence-corrected chi connectivity index (χ3v) is 4.19. The van der Waals surface area contributed by atoms with Crippen LogP contribution in [0.4, 0.5) is 0 Å². The van der Waals surface area contributed by atoms with Gasteiger partial charge in [-0.25, -0.2) is 0 Å². The highest BCUT2D eigenvalue weighted by Gasteiger charge is 2.32. The summed E-state index contributed by atoms with van der Waals surface area (Å²) in [4.78, 5) is 4.49. The van der Waals surface area contributed by atoms with Gasteiger partial charge in [0.05, 0.1) is 12.7 Å². The van der Waals surface area contributed by atoms with Gasteiger partial charge in [-0.15, -0.1) is 0 Å². The fraction of sp³-hybridized carbons (Fsp3) is 0.857. The maximum absolute atomic E-state index is 6.27. The van der Waals surface area contributed by atoms with E-state index < -0.39 is 5.54 Å². The van der Waals surface area contributed by atoms with Crippen LogP contribution in [-0.4, -0.2) is 36.1 Å². The Balaban J connectivity index is 1.61. The molecule has 1 aliphatic heterocycles. The van der Waals surface area contributed by atoms with Crippen molar-refractivity contribution in [3.05, 3.63) is 11.7 Å². The van der Waals surface area contributed by atoms with E-state index in [2.05, 4.69) is 10.1 Å². The number of hydrogen-bond donors (Lipinski definition) is 1. The molecular formula is C14H23N3O3. The van der Waals surface area contributed by atoms with Gasteiger partial charge in [0.1, 0.15) is 5.54 Å². The largest absolute Gasteiger partial charge is 0.381 e. The van der Waals surface area contributed by atoms with Gasteiger partial charge in [-0.3, -0.25) is 0 Å². The summed E-state index contributed by atoms with van der Waals surface area (Å²) in [6, 6.07) is 0. The first-order valence-corrected chi connectivity index (χ1v) is 7.47. The monoisotopic (exact) mass is 281 g/mol. The van der Waals surface area contributed by atoms with Crippen LogP contribution in [0.1, 0.15) is 56.7 Å². The van der Waals surface area contributed by atoms with Crippen molar-refractivity contribution in [1.82, 2.24) is 10.1 Å². The molecule has 1 unspecified atom stereocenters. The van der Waals surface area contributed by atoms with E-state index in [9.17, 15) is 0 Å². The van der Waals surface area contributed by atoms with Gasteiger partial charge in [0.2, 0.25) is 5.89 Å². The topological polar surface area (TPSA) is 83.4 Å². The number of nitrogens with two attached hydrogens (primary N) is 1. The molecular weight excluding hydrogens is 258 g/mol. The molecule has 2 heterocycles. The lowest BCUT2D eigenvalue weighted by Gasteiger charge is -2.29. The molecule has 0 spiro atoms. The van der Waals surface area contributed by atoms with Crippen LogP contribution in [0.25, 0.3) is 0 Å². The summed E-state index contributed by atoms with van der Waals surface area (Å²) in [5.41, 5.74) is 5.58. The molecule has 3 rings (SSSR count). The van der Waals surface area contributed by atoms with Crippen molar-refractivity contribution >= 4 is 0 Å². The molecule has 2 fully saturated rings. The Morgan fingerprint density at radius 1 is 1.30 bits per heavy atom. The maximum Gasteiger partial charge on any atom is 0.230 e. The first-order chi connectivity index (χ1) is 9.65. The van der Waals surface area contributed by atoms with Crippen LogP contribution in [0, 0.1) is 0 Å². The number of nitrogens with zero attached hydrogens (tertiary/aromatic N) is 2. The first-order valence-electron chi connectivity index (χ1n) is 7.47. The molecule has 1 aromatic heterocycles. The molecule has 0 bridgehead atoms. The van der Waals surface area contributed by atoms with E-state index in [1.807, 2.05) is 6.92 Å². The zero-order valence-electron chi connectivity index (χ0n) is 12.0. The van der Waals surface area contributed by atoms with Crippen LogP contribution in [0.3, 0.4) is 0 Å². The average Bonchev–Trinajstić information content (AvgIpc) is 2.88. The summed E-state index contributed by atoms with van der Waals surface area (Å²) in [6.45, 7) is 3.84. The summed E-state index contributed by atoms with van der Waals surface area (Å²) in [7, 11) is 0. The Morgan fingerprint density at radius 2 is 2.05 bits per heavy atom. The lowest BCUT2D eigenvalue weighted by atomic mass is 9.95. The van der Waals surface area contributed by atoms with Crippen molar-refractivity contribution in [3.63, 3.8) is 0 Å². The normalized spacial score (nSPS) is 24.3. The minimum atomic E-state index is -0.692. The number of hydrogen-bond acceptors (Lipinski definition) is 6. The molecule has 112 valence electrons. The summed E-state index contributed by atoms with van der Waals surface area (Å²) in [5.74, 6) is 1.52. The molecule has 2 aliphatic rings. The van der Waals surface area contributed by atoms with E-state index in [1.165, 1.54) is 6.42 Å². The van der Waals surface area contributed by atoms with Gasteiger partial charge in [0, 0.05) is 19.1 Å². The summed E-state index contributed by atoms with van der Waals surface area (Å²) < 4.78 is 16.5. The van der Waals surface area contributed by atoms with E-state index in [4.69, 9.17) is 19.7 Å². The predicted molar refractivity (Wildman–Crippen MR) is 72.2 cm³/mol. The molecule has 20 heavy (non-hydrogen) atoms. The van der Waals surface area contributed by atoms with Crippen molar-refractivity contribution in [2.75, 3.05) is 19.8 Å². The number of aromatic nitrogens is 2. The zero-order valence-corrected chi connectivity index (χ0v) is 12.0. The van der Waals surface area contributed by atoms with Gasteiger partial charge >= 0.3 is 0 Å². The van der Waals surface area contributed by atoms with Crippen molar-refractivity contribution in [1.29, 1.82) is 0 Å². The fourth-order valence-corrected chi connectivity index (χ4v) is 2.47. The van der Waals surface area contributed by atoms with Crippen LogP contribution >= 0.6 is 0 Å². The van der Waals surface area contributed by atoms with E-state index in [1.54, 1.807) is 0 Å². The van der Waals surface area contributed by atoms with Crippen molar-refractivity contribution in [2.24, 2.45) is 5.73 Å². The van der Waals surface area contributed by atoms with Crippen LogP contribution in [-0.2, 0) is 15.0 Å². The second kappa shape index (κ2) is 5.79. The van der Waals surface area contributed by atoms with Gasteiger partial charge in [0.25, 0.3) is 0 Å². The van der Waals surface area contributed by atoms with Crippen LogP contribution < -0.4 is 5.73 Å². The lowest BCUT2D eigenvalue weighted by Crippen LogP contribution is -2.41. The molecule has 1 atom stereocenters. The highest BCUT2D eigenvalue weighted by atomic mass is 16.5. The van der Waals surface area contributed by atoms with Gasteiger partial charge in [-0.2, -0.15) is 4.98 Å². The molecule has 1 aromatic rings. The number of ether oxygens (including phenoxy) is 2. The summed E-state index contributed by atoms with van der Waals surface area (Å²) >= 11 is 0. The molecule has 1 saturated carbocycles. The van der Waals surface area contributed by atoms with E-state index in [0.29, 0.717) is 30.3 Å². The van der Waals surface area contributed by atoms with Crippen molar-refractivity contribution < 1.29 is 14.0 Å². The van der Waals surface area contributed by atoms with Gasteiger partial charge in [0.15, 0.2) is 5.82 Å². The van der Waals surface area contributed by atoms with Crippen LogP contribution in [0.15, 0.2) is 4.52 Å². The summed E-state index contributed by atoms with van der Waals surface area (Å²) in [6.07, 6.45) is 5.75. The van der Waals surface area contributed by atoms with Crippen LogP contribution in [0.5, 0.6) is 0 Å². The molecule has 0 aromatic carbocycles. The Kier molecular flexibility index (Phi) is 4.05. The molecule has 0 amide bonds. The second-order valence-electron chi connectivity index (χ2n) is 6.12. The van der Waals surface area contributed by atoms with Gasteiger partial charge in [-0.1, -0.05) is 5.16 Å². The molecule has 6 nitrogen and oxygen atoms in total. The third kappa shape index (κ3) is 3.02. The average molecular weight is 281 g/mol. The molecule has 2 N–H and O–H groups in total. The third-order valence-electron chi connectivity index (χ3n) is 4.19. The van der Waals surface area contributed by atoms with Gasteiger partial charge in [-0.05, 0) is 39.0 Å². The number of rotatable bonds is 5. The lowest BCUT2D eigenvalue weighted by molar-refractivity contribution is -0.0222. The standard InChI is InChI=1S/C14H23N3O3/c1-14(15,9-19-11-3-2-4-11)13-16-12(20-17-13)10-5-7-18-8-6-10/h10-11H,2-9,15H2,1H3. The van der Waals surface area contributed by atoms with Crippen molar-refractivity contribution in [2.45, 2.75) is 56.6 Å². The van der Waals surface area contributed by atoms with E-state index in [-0.39, 0.29) is 0 Å². The minimum absolute atomic E-state index is 0.299. The van der Waals surface area contributed by atoms with Crippen LogP contribution in [0.2, 0.25) is 0 Å². The molecule has 6 heteroatoms. The quantitative estimate of drug-likeness (QED) is 0.884. The Labute approximate surface area is 119 Å². The summed E-state index contributed by atoms with van der Waals surface area (Å²) in [5, 5.41) is 4.05. The highest BCUT2D eigenvalue weighted by molar-refractivity contribution is 5.04. The Morgan fingerprint density at radius 3 is 2.70 bits per heavy atom. The predicted octanol–water partition coefficient (Wildman–Crippen LogP) is 1.71. The highest BCUT2D eigenvalue weighted by Crippen LogP contribution is 2.28. The Hall–Kier alpha value is -0.980. The first kappa shape index (κ1) is 14.0. The molecule has 0 radical (unpaired) electrons. The Bertz CT molecular complexity index is 437. The smallest absolute Gasteiger partial charge is 0.230 e. The van der Waals surface area contributed by atoms with Crippen molar-refractivity contribution in [3.8, 4) is 0 Å². The molecule has 1 saturated heterocycles. The minimum Gasteiger partial charge on any atom is -0.381 e. The fourth-order valence-electron chi connectivity index (χ4n) is 2.47. The SMILES string of the molecule is CC(N)(COC1CCC1)c1noc(C2CCOCC2)n1. The second-order valence-corrected chi connectivity index (χ2v) is 6.12. The van der Waals surface area contributed by atoms with E-state index >= 15 is 0 Å². The maximum atomic E-state index is 6.27. The van der Waals surface area contributed by atoms with E-state index in [0.717, 1.165) is 38.9 Å². The molecule has 1 aliphatic carbocycles. The zero-order chi connectivity index (χ0) is 14.0. The van der Waals surface area contributed by atoms with Gasteiger partial charge < -0.3 is 19.7 Å².